The van der Waals surface area contributed by atoms with Gasteiger partial charge in [0.15, 0.2) is 5.76 Å². The summed E-state index contributed by atoms with van der Waals surface area (Å²) in [4.78, 5) is 29.8. The molecular weight excluding hydrogens is 364 g/mol. The second-order valence-electron chi connectivity index (χ2n) is 8.21. The second-order valence-corrected chi connectivity index (χ2v) is 8.21. The van der Waals surface area contributed by atoms with Crippen LogP contribution in [0.2, 0.25) is 0 Å². The zero-order chi connectivity index (χ0) is 20.2. The molecule has 0 aliphatic carbocycles. The molecule has 2 aliphatic rings. The number of carbonyl (C=O) groups is 2. The molecule has 2 fully saturated rings. The Bertz CT molecular complexity index is 810. The Morgan fingerprint density at radius 3 is 2.45 bits per heavy atom. The zero-order valence-electron chi connectivity index (χ0n) is 17.1. The van der Waals surface area contributed by atoms with Crippen molar-refractivity contribution in [3.63, 3.8) is 0 Å². The van der Waals surface area contributed by atoms with E-state index in [1.54, 1.807) is 12.1 Å². The SMILES string of the molecule is CCC(c1ccccc1)C1CCCN1C(=O)C1CCN(C(=O)c2ccco2)CC1. The van der Waals surface area contributed by atoms with Crippen LogP contribution in [0.1, 0.15) is 61.1 Å². The van der Waals surface area contributed by atoms with Crippen molar-refractivity contribution in [2.45, 2.75) is 51.0 Å². The van der Waals surface area contributed by atoms with Crippen LogP contribution in [-0.2, 0) is 4.79 Å². The van der Waals surface area contributed by atoms with E-state index in [0.29, 0.717) is 24.8 Å². The van der Waals surface area contributed by atoms with Gasteiger partial charge in [-0.25, -0.2) is 0 Å². The minimum Gasteiger partial charge on any atom is -0.459 e. The number of piperidine rings is 1. The van der Waals surface area contributed by atoms with Crippen LogP contribution >= 0.6 is 0 Å². The molecule has 0 radical (unpaired) electrons. The lowest BCUT2D eigenvalue weighted by Crippen LogP contribution is -2.47. The normalized spacial score (nSPS) is 21.3. The summed E-state index contributed by atoms with van der Waals surface area (Å²) >= 11 is 0. The molecule has 0 bridgehead atoms. The maximum atomic E-state index is 13.4. The van der Waals surface area contributed by atoms with E-state index < -0.39 is 0 Å². The minimum atomic E-state index is -0.0740. The fourth-order valence-corrected chi connectivity index (χ4v) is 5.03. The molecule has 2 saturated heterocycles. The Morgan fingerprint density at radius 2 is 1.79 bits per heavy atom. The lowest BCUT2D eigenvalue weighted by Gasteiger charge is -2.37. The Kier molecular flexibility index (Phi) is 6.02. The average Bonchev–Trinajstić information content (AvgIpc) is 3.47. The largest absolute Gasteiger partial charge is 0.459 e. The van der Waals surface area contributed by atoms with Gasteiger partial charge in [-0.3, -0.25) is 9.59 Å². The van der Waals surface area contributed by atoms with Gasteiger partial charge in [-0.15, -0.1) is 0 Å². The van der Waals surface area contributed by atoms with E-state index in [1.165, 1.54) is 11.8 Å². The number of amides is 2. The molecule has 1 aromatic heterocycles. The van der Waals surface area contributed by atoms with Crippen molar-refractivity contribution in [2.24, 2.45) is 5.92 Å². The van der Waals surface area contributed by atoms with Gasteiger partial charge in [0.1, 0.15) is 0 Å². The highest BCUT2D eigenvalue weighted by molar-refractivity contribution is 5.91. The summed E-state index contributed by atoms with van der Waals surface area (Å²) < 4.78 is 5.23. The van der Waals surface area contributed by atoms with E-state index in [-0.39, 0.29) is 23.8 Å². The molecule has 2 atom stereocenters. The third-order valence-electron chi connectivity index (χ3n) is 6.58. The summed E-state index contributed by atoms with van der Waals surface area (Å²) in [7, 11) is 0. The van der Waals surface area contributed by atoms with E-state index in [9.17, 15) is 9.59 Å². The maximum absolute atomic E-state index is 13.4. The van der Waals surface area contributed by atoms with Gasteiger partial charge in [-0.05, 0) is 49.8 Å². The molecule has 4 rings (SSSR count). The molecule has 2 unspecified atom stereocenters. The molecule has 5 heteroatoms. The van der Waals surface area contributed by atoms with Crippen molar-refractivity contribution in [2.75, 3.05) is 19.6 Å². The fraction of sp³-hybridized carbons (Fsp3) is 0.500. The molecular formula is C24H30N2O3. The van der Waals surface area contributed by atoms with E-state index in [1.807, 2.05) is 11.0 Å². The Morgan fingerprint density at radius 1 is 1.03 bits per heavy atom. The minimum absolute atomic E-state index is 0.0181. The van der Waals surface area contributed by atoms with Crippen molar-refractivity contribution in [1.29, 1.82) is 0 Å². The third-order valence-corrected chi connectivity index (χ3v) is 6.58. The van der Waals surface area contributed by atoms with Gasteiger partial charge in [0.05, 0.1) is 6.26 Å². The van der Waals surface area contributed by atoms with Crippen molar-refractivity contribution < 1.29 is 14.0 Å². The van der Waals surface area contributed by atoms with Crippen molar-refractivity contribution >= 4 is 11.8 Å². The number of furan rings is 1. The lowest BCUT2D eigenvalue weighted by molar-refractivity contribution is -0.138. The van der Waals surface area contributed by atoms with Crippen LogP contribution in [0.4, 0.5) is 0 Å². The summed E-state index contributed by atoms with van der Waals surface area (Å²) in [5.74, 6) is 0.998. The van der Waals surface area contributed by atoms with Crippen LogP contribution in [0, 0.1) is 5.92 Å². The van der Waals surface area contributed by atoms with Crippen molar-refractivity contribution in [1.82, 2.24) is 9.80 Å². The van der Waals surface area contributed by atoms with Crippen LogP contribution < -0.4 is 0 Å². The van der Waals surface area contributed by atoms with Gasteiger partial charge < -0.3 is 14.2 Å². The van der Waals surface area contributed by atoms with Gasteiger partial charge >= 0.3 is 0 Å². The number of benzene rings is 1. The Balaban J connectivity index is 1.39. The first-order valence-electron chi connectivity index (χ1n) is 10.9. The first-order valence-corrected chi connectivity index (χ1v) is 10.9. The maximum Gasteiger partial charge on any atom is 0.289 e. The molecule has 2 amide bonds. The predicted molar refractivity (Wildman–Crippen MR) is 112 cm³/mol. The summed E-state index contributed by atoms with van der Waals surface area (Å²) in [5, 5.41) is 0. The summed E-state index contributed by atoms with van der Waals surface area (Å²) in [6.07, 6.45) is 6.18. The number of hydrogen-bond acceptors (Lipinski definition) is 3. The fourth-order valence-electron chi connectivity index (χ4n) is 5.03. The van der Waals surface area contributed by atoms with E-state index >= 15 is 0 Å². The molecule has 0 spiro atoms. The number of nitrogens with zero attached hydrogens (tertiary/aromatic N) is 2. The smallest absolute Gasteiger partial charge is 0.289 e. The zero-order valence-corrected chi connectivity index (χ0v) is 17.1. The summed E-state index contributed by atoms with van der Waals surface area (Å²) in [5.41, 5.74) is 1.33. The third kappa shape index (κ3) is 4.09. The van der Waals surface area contributed by atoms with Gasteiger partial charge in [0.25, 0.3) is 5.91 Å². The highest BCUT2D eigenvalue weighted by Gasteiger charge is 2.38. The second kappa shape index (κ2) is 8.85. The van der Waals surface area contributed by atoms with Crippen LogP contribution in [0.5, 0.6) is 0 Å². The number of carbonyl (C=O) groups excluding carboxylic acids is 2. The van der Waals surface area contributed by atoms with E-state index in [2.05, 4.69) is 36.1 Å². The first kappa shape index (κ1) is 19.7. The quantitative estimate of drug-likeness (QED) is 0.759. The molecule has 154 valence electrons. The Hall–Kier alpha value is -2.56. The molecule has 2 aromatic rings. The van der Waals surface area contributed by atoms with Crippen LogP contribution in [-0.4, -0.2) is 47.3 Å². The topological polar surface area (TPSA) is 53.8 Å². The standard InChI is InChI=1S/C24H30N2O3/c1-2-20(18-8-4-3-5-9-18)21-10-6-14-26(21)23(27)19-12-15-25(16-13-19)24(28)22-11-7-17-29-22/h3-5,7-9,11,17,19-21H,2,6,10,12-16H2,1H3. The molecule has 0 saturated carbocycles. The van der Waals surface area contributed by atoms with Gasteiger partial charge in [0.2, 0.25) is 5.91 Å². The van der Waals surface area contributed by atoms with Crippen LogP contribution in [0.15, 0.2) is 53.1 Å². The molecule has 2 aliphatic heterocycles. The monoisotopic (exact) mass is 394 g/mol. The van der Waals surface area contributed by atoms with E-state index in [4.69, 9.17) is 4.42 Å². The average molecular weight is 395 g/mol. The van der Waals surface area contributed by atoms with Gasteiger partial charge in [-0.2, -0.15) is 0 Å². The summed E-state index contributed by atoms with van der Waals surface area (Å²) in [6, 6.07) is 14.3. The molecule has 1 aromatic carbocycles. The van der Waals surface area contributed by atoms with Gasteiger partial charge in [-0.1, -0.05) is 37.3 Å². The van der Waals surface area contributed by atoms with E-state index in [0.717, 1.165) is 38.6 Å². The van der Waals surface area contributed by atoms with Crippen molar-refractivity contribution in [3.05, 3.63) is 60.1 Å². The highest BCUT2D eigenvalue weighted by atomic mass is 16.3. The lowest BCUT2D eigenvalue weighted by atomic mass is 9.86. The summed E-state index contributed by atoms with van der Waals surface area (Å²) in [6.45, 7) is 4.31. The molecule has 3 heterocycles. The van der Waals surface area contributed by atoms with Crippen LogP contribution in [0.3, 0.4) is 0 Å². The number of rotatable bonds is 5. The number of likely N-dealkylation sites (tertiary alicyclic amines) is 2. The highest BCUT2D eigenvalue weighted by Crippen LogP contribution is 2.35. The number of hydrogen-bond donors (Lipinski definition) is 0. The van der Waals surface area contributed by atoms with Crippen molar-refractivity contribution in [3.8, 4) is 0 Å². The molecule has 5 nitrogen and oxygen atoms in total. The first-order chi connectivity index (χ1) is 14.2. The Labute approximate surface area is 172 Å². The molecule has 0 N–H and O–H groups in total. The molecule has 29 heavy (non-hydrogen) atoms. The van der Waals surface area contributed by atoms with Crippen LogP contribution in [0.25, 0.3) is 0 Å². The predicted octanol–water partition coefficient (Wildman–Crippen LogP) is 4.32. The van der Waals surface area contributed by atoms with Gasteiger partial charge in [0, 0.05) is 37.5 Å².